The van der Waals surface area contributed by atoms with Crippen LogP contribution in [0.3, 0.4) is 0 Å². The molecule has 4 nitrogen and oxygen atoms in total. The van der Waals surface area contributed by atoms with Crippen molar-refractivity contribution >= 4 is 11.9 Å². The van der Waals surface area contributed by atoms with Gasteiger partial charge in [0.2, 0.25) is 0 Å². The Morgan fingerprint density at radius 3 is 1.81 bits per heavy atom. The van der Waals surface area contributed by atoms with Crippen molar-refractivity contribution in [3.8, 4) is 0 Å². The Morgan fingerprint density at radius 2 is 1.36 bits per heavy atom. The fraction of sp³-hybridized carbons (Fsp3) is 0.462. The second kappa shape index (κ2) is 9.78. The molecule has 1 saturated heterocycles. The highest BCUT2D eigenvalue weighted by Gasteiger charge is 2.44. The number of benzene rings is 2. The van der Waals surface area contributed by atoms with Crippen LogP contribution in [0.4, 0.5) is 31.1 Å². The molecule has 0 aliphatic carbocycles. The molecule has 1 fully saturated rings. The molecule has 0 radical (unpaired) electrons. The number of halogens is 6. The maximum Gasteiger partial charge on any atom is 0.416 e. The second-order valence-electron chi connectivity index (χ2n) is 9.93. The van der Waals surface area contributed by atoms with Crippen LogP contribution in [0, 0.1) is 0 Å². The summed E-state index contributed by atoms with van der Waals surface area (Å²) < 4.78 is 85.2. The summed E-state index contributed by atoms with van der Waals surface area (Å²) in [7, 11) is 0. The van der Waals surface area contributed by atoms with Gasteiger partial charge in [-0.25, -0.2) is 4.79 Å². The molecule has 2 aromatic rings. The van der Waals surface area contributed by atoms with E-state index in [0.717, 1.165) is 0 Å². The van der Waals surface area contributed by atoms with Gasteiger partial charge in [0, 0.05) is 19.5 Å². The zero-order valence-electron chi connectivity index (χ0n) is 20.1. The highest BCUT2D eigenvalue weighted by molar-refractivity contribution is 5.92. The Hall–Kier alpha value is -3.04. The molecule has 0 saturated carbocycles. The number of rotatable bonds is 4. The summed E-state index contributed by atoms with van der Waals surface area (Å²) in [5, 5.41) is 0. The van der Waals surface area contributed by atoms with Crippen molar-refractivity contribution in [2.24, 2.45) is 0 Å². The van der Waals surface area contributed by atoms with Crippen molar-refractivity contribution in [2.45, 2.75) is 63.4 Å². The monoisotopic (exact) mass is 515 g/mol. The van der Waals surface area contributed by atoms with E-state index in [9.17, 15) is 35.9 Å². The topological polar surface area (TPSA) is 46.6 Å². The SMILES string of the molecule is CC(C)(C)OC(=O)N1CCC(C(=O)Cc2cc(C(F)(F)F)cc(C(F)(F)F)c2)(c2ccccc2)CC1. The molecular weight excluding hydrogens is 488 g/mol. The number of hydrogen-bond donors (Lipinski definition) is 0. The van der Waals surface area contributed by atoms with Crippen LogP contribution in [0.15, 0.2) is 48.5 Å². The minimum absolute atomic E-state index is 0.0419. The first-order valence-electron chi connectivity index (χ1n) is 11.4. The smallest absolute Gasteiger partial charge is 0.416 e. The first-order chi connectivity index (χ1) is 16.5. The van der Waals surface area contributed by atoms with Crippen LogP contribution >= 0.6 is 0 Å². The van der Waals surface area contributed by atoms with Gasteiger partial charge in [0.25, 0.3) is 0 Å². The van der Waals surface area contributed by atoms with E-state index in [4.69, 9.17) is 4.74 Å². The zero-order valence-corrected chi connectivity index (χ0v) is 20.1. The zero-order chi connectivity index (χ0) is 26.9. The number of amides is 1. The summed E-state index contributed by atoms with van der Waals surface area (Å²) >= 11 is 0. The van der Waals surface area contributed by atoms with Crippen LogP contribution in [0.1, 0.15) is 55.9 Å². The number of piperidine rings is 1. The molecule has 0 spiro atoms. The Balaban J connectivity index is 1.93. The predicted octanol–water partition coefficient (Wildman–Crippen LogP) is 6.80. The number of carbonyl (C=O) groups excluding carboxylic acids is 2. The first-order valence-corrected chi connectivity index (χ1v) is 11.4. The van der Waals surface area contributed by atoms with Gasteiger partial charge in [0.15, 0.2) is 0 Å². The molecule has 3 rings (SSSR count). The van der Waals surface area contributed by atoms with E-state index in [1.54, 1.807) is 51.1 Å². The summed E-state index contributed by atoms with van der Waals surface area (Å²) in [5.74, 6) is -0.509. The predicted molar refractivity (Wildman–Crippen MR) is 120 cm³/mol. The molecule has 1 aliphatic rings. The van der Waals surface area contributed by atoms with E-state index in [1.807, 2.05) is 0 Å². The Kier molecular flexibility index (Phi) is 7.49. The third-order valence-electron chi connectivity index (χ3n) is 6.14. The van der Waals surface area contributed by atoms with Crippen LogP contribution in [-0.4, -0.2) is 35.5 Å². The molecular formula is C26H27F6NO3. The lowest BCUT2D eigenvalue weighted by Crippen LogP contribution is -2.50. The molecule has 196 valence electrons. The molecule has 10 heteroatoms. The van der Waals surface area contributed by atoms with E-state index in [-0.39, 0.29) is 37.6 Å². The molecule has 0 atom stereocenters. The molecule has 1 aliphatic heterocycles. The van der Waals surface area contributed by atoms with Crippen LogP contribution in [0.2, 0.25) is 0 Å². The van der Waals surface area contributed by atoms with Crippen LogP contribution in [0.5, 0.6) is 0 Å². The number of hydrogen-bond acceptors (Lipinski definition) is 3. The van der Waals surface area contributed by atoms with Crippen molar-refractivity contribution in [2.75, 3.05) is 13.1 Å². The Morgan fingerprint density at radius 1 is 0.861 bits per heavy atom. The molecule has 0 N–H and O–H groups in total. The van der Waals surface area contributed by atoms with Crippen molar-refractivity contribution in [3.63, 3.8) is 0 Å². The van der Waals surface area contributed by atoms with Crippen LogP contribution in [0.25, 0.3) is 0 Å². The molecule has 0 unspecified atom stereocenters. The van der Waals surface area contributed by atoms with Crippen molar-refractivity contribution in [1.82, 2.24) is 4.90 Å². The summed E-state index contributed by atoms with van der Waals surface area (Å²) in [6.07, 6.45) is -10.9. The van der Waals surface area contributed by atoms with E-state index < -0.39 is 52.8 Å². The van der Waals surface area contributed by atoms with Crippen LogP contribution < -0.4 is 0 Å². The Bertz CT molecular complexity index is 1060. The summed E-state index contributed by atoms with van der Waals surface area (Å²) in [4.78, 5) is 27.6. The van der Waals surface area contributed by atoms with E-state index in [1.165, 1.54) is 4.90 Å². The minimum atomic E-state index is -5.01. The second-order valence-corrected chi connectivity index (χ2v) is 9.93. The lowest BCUT2D eigenvalue weighted by molar-refractivity contribution is -0.143. The molecule has 0 aromatic heterocycles. The molecule has 1 heterocycles. The number of carbonyl (C=O) groups is 2. The summed E-state index contributed by atoms with van der Waals surface area (Å²) in [6.45, 7) is 5.45. The van der Waals surface area contributed by atoms with Gasteiger partial charge in [-0.15, -0.1) is 0 Å². The molecule has 0 bridgehead atoms. The molecule has 1 amide bonds. The highest BCUT2D eigenvalue weighted by atomic mass is 19.4. The summed E-state index contributed by atoms with van der Waals surface area (Å²) in [6, 6.07) is 9.76. The van der Waals surface area contributed by atoms with Gasteiger partial charge in [-0.2, -0.15) is 26.3 Å². The number of nitrogens with zero attached hydrogens (tertiary/aromatic N) is 1. The maximum atomic E-state index is 13.6. The largest absolute Gasteiger partial charge is 0.444 e. The van der Waals surface area contributed by atoms with E-state index in [2.05, 4.69) is 0 Å². The number of Topliss-reactive ketones (excluding diaryl/α,β-unsaturated/α-hetero) is 1. The van der Waals surface area contributed by atoms with Gasteiger partial charge in [0.05, 0.1) is 16.5 Å². The van der Waals surface area contributed by atoms with Gasteiger partial charge in [-0.1, -0.05) is 30.3 Å². The fourth-order valence-electron chi connectivity index (χ4n) is 4.36. The highest BCUT2D eigenvalue weighted by Crippen LogP contribution is 2.40. The normalized spacial score (nSPS) is 16.5. The van der Waals surface area contributed by atoms with Crippen molar-refractivity contribution in [1.29, 1.82) is 0 Å². The van der Waals surface area contributed by atoms with Gasteiger partial charge >= 0.3 is 18.4 Å². The molecule has 2 aromatic carbocycles. The van der Waals surface area contributed by atoms with E-state index >= 15 is 0 Å². The maximum absolute atomic E-state index is 13.6. The standard InChI is InChI=1S/C26H27F6NO3/c1-23(2,3)36-22(35)33-11-9-24(10-12-33,18-7-5-4-6-8-18)21(34)15-17-13-19(25(27,28)29)16-20(14-17)26(30,31)32/h4-8,13-14,16H,9-12,15H2,1-3H3. The fourth-order valence-corrected chi connectivity index (χ4v) is 4.36. The summed E-state index contributed by atoms with van der Waals surface area (Å²) in [5.41, 5.74) is -4.59. The lowest BCUT2D eigenvalue weighted by atomic mass is 9.68. The van der Waals surface area contributed by atoms with Crippen molar-refractivity contribution in [3.05, 3.63) is 70.8 Å². The van der Waals surface area contributed by atoms with Gasteiger partial charge in [-0.3, -0.25) is 4.79 Å². The van der Waals surface area contributed by atoms with Gasteiger partial charge in [0.1, 0.15) is 11.4 Å². The third-order valence-corrected chi connectivity index (χ3v) is 6.14. The first kappa shape index (κ1) is 27.5. The third kappa shape index (κ3) is 6.39. The number of ketones is 1. The van der Waals surface area contributed by atoms with Crippen LogP contribution in [-0.2, 0) is 33.7 Å². The lowest BCUT2D eigenvalue weighted by Gasteiger charge is -2.41. The molecule has 36 heavy (non-hydrogen) atoms. The van der Waals surface area contributed by atoms with E-state index in [0.29, 0.717) is 17.7 Å². The number of ether oxygens (including phenoxy) is 1. The number of likely N-dealkylation sites (tertiary alicyclic amines) is 1. The number of alkyl halides is 6. The van der Waals surface area contributed by atoms with Crippen molar-refractivity contribution < 1.29 is 40.7 Å². The Labute approximate surface area is 205 Å². The quantitative estimate of drug-likeness (QED) is 0.421. The van der Waals surface area contributed by atoms with Gasteiger partial charge in [-0.05, 0) is 62.9 Å². The average Bonchev–Trinajstić information content (AvgIpc) is 2.77. The van der Waals surface area contributed by atoms with Gasteiger partial charge < -0.3 is 9.64 Å². The average molecular weight is 515 g/mol. The minimum Gasteiger partial charge on any atom is -0.444 e.